The Bertz CT molecular complexity index is 399. The van der Waals surface area contributed by atoms with Crippen molar-refractivity contribution in [3.8, 4) is 0 Å². The van der Waals surface area contributed by atoms with Crippen LogP contribution in [0.2, 0.25) is 0 Å². The molecule has 0 aromatic carbocycles. The molecule has 0 fully saturated rings. The van der Waals surface area contributed by atoms with Crippen LogP contribution in [0.1, 0.15) is 30.0 Å². The summed E-state index contributed by atoms with van der Waals surface area (Å²) in [4.78, 5) is 13.6. The summed E-state index contributed by atoms with van der Waals surface area (Å²) in [6, 6.07) is 1.63. The van der Waals surface area contributed by atoms with Gasteiger partial charge in [-0.1, -0.05) is 13.8 Å². The number of furan rings is 1. The zero-order valence-electron chi connectivity index (χ0n) is 11.5. The number of esters is 1. The molecule has 1 rings (SSSR count). The summed E-state index contributed by atoms with van der Waals surface area (Å²) in [5, 5.41) is 0. The molecular formula is C13H22N2O3. The van der Waals surface area contributed by atoms with Gasteiger partial charge in [-0.15, -0.1) is 0 Å². The van der Waals surface area contributed by atoms with E-state index in [0.29, 0.717) is 24.4 Å². The number of hydrogen-bond donors (Lipinski definition) is 1. The maximum absolute atomic E-state index is 11.5. The van der Waals surface area contributed by atoms with Crippen molar-refractivity contribution in [1.29, 1.82) is 0 Å². The molecule has 5 nitrogen and oxygen atoms in total. The minimum absolute atomic E-state index is 0.0345. The molecule has 0 atom stereocenters. The molecule has 0 spiro atoms. The van der Waals surface area contributed by atoms with E-state index in [1.54, 1.807) is 6.07 Å². The first kappa shape index (κ1) is 14.7. The first-order chi connectivity index (χ1) is 8.39. The number of hydrogen-bond acceptors (Lipinski definition) is 5. The molecule has 0 aliphatic rings. The lowest BCUT2D eigenvalue weighted by Gasteiger charge is -2.28. The van der Waals surface area contributed by atoms with Gasteiger partial charge in [-0.3, -0.25) is 4.90 Å². The molecule has 1 heterocycles. The highest BCUT2D eigenvalue weighted by molar-refractivity contribution is 5.90. The van der Waals surface area contributed by atoms with Crippen molar-refractivity contribution in [2.45, 2.75) is 20.4 Å². The van der Waals surface area contributed by atoms with Crippen LogP contribution < -0.4 is 5.73 Å². The highest BCUT2D eigenvalue weighted by atomic mass is 16.5. The van der Waals surface area contributed by atoms with Crippen molar-refractivity contribution in [2.75, 3.05) is 27.2 Å². The van der Waals surface area contributed by atoms with Gasteiger partial charge in [0.05, 0.1) is 19.9 Å². The predicted molar refractivity (Wildman–Crippen MR) is 69.2 cm³/mol. The van der Waals surface area contributed by atoms with Crippen LogP contribution in [0.25, 0.3) is 0 Å². The maximum atomic E-state index is 11.5. The Hall–Kier alpha value is -1.33. The smallest absolute Gasteiger partial charge is 0.341 e. The summed E-state index contributed by atoms with van der Waals surface area (Å²) in [6.07, 6.45) is 1.50. The molecule has 1 aromatic heterocycles. The normalized spacial score (nSPS) is 11.9. The monoisotopic (exact) mass is 254 g/mol. The summed E-state index contributed by atoms with van der Waals surface area (Å²) >= 11 is 0. The Morgan fingerprint density at radius 3 is 2.78 bits per heavy atom. The molecule has 0 aliphatic carbocycles. The Kier molecular flexibility index (Phi) is 4.93. The Morgan fingerprint density at radius 2 is 2.22 bits per heavy atom. The van der Waals surface area contributed by atoms with Crippen LogP contribution in [0.3, 0.4) is 0 Å². The molecule has 18 heavy (non-hydrogen) atoms. The van der Waals surface area contributed by atoms with E-state index in [1.165, 1.54) is 13.4 Å². The van der Waals surface area contributed by atoms with Crippen molar-refractivity contribution in [1.82, 2.24) is 4.90 Å². The predicted octanol–water partition coefficient (Wildman–Crippen LogP) is 1.48. The van der Waals surface area contributed by atoms with E-state index in [4.69, 9.17) is 14.9 Å². The lowest BCUT2D eigenvalue weighted by atomic mass is 9.93. The Balaban J connectivity index is 2.68. The van der Waals surface area contributed by atoms with Gasteiger partial charge in [0, 0.05) is 6.54 Å². The van der Waals surface area contributed by atoms with Crippen LogP contribution in [0.4, 0.5) is 0 Å². The van der Waals surface area contributed by atoms with E-state index in [9.17, 15) is 4.79 Å². The fraction of sp³-hybridized carbons (Fsp3) is 0.615. The molecule has 2 N–H and O–H groups in total. The molecular weight excluding hydrogens is 232 g/mol. The van der Waals surface area contributed by atoms with Gasteiger partial charge < -0.3 is 14.9 Å². The number of nitrogens with two attached hydrogens (primary N) is 1. The van der Waals surface area contributed by atoms with Gasteiger partial charge in [-0.25, -0.2) is 4.79 Å². The second-order valence-corrected chi connectivity index (χ2v) is 5.29. The van der Waals surface area contributed by atoms with Crippen LogP contribution in [-0.4, -0.2) is 38.1 Å². The van der Waals surface area contributed by atoms with Crippen LogP contribution in [0.5, 0.6) is 0 Å². The van der Waals surface area contributed by atoms with Crippen LogP contribution in [0.15, 0.2) is 16.7 Å². The molecule has 102 valence electrons. The highest BCUT2D eigenvalue weighted by Gasteiger charge is 2.21. The van der Waals surface area contributed by atoms with Gasteiger partial charge in [-0.05, 0) is 25.1 Å². The van der Waals surface area contributed by atoms with E-state index in [1.807, 2.05) is 7.05 Å². The maximum Gasteiger partial charge on any atom is 0.341 e. The van der Waals surface area contributed by atoms with E-state index in [-0.39, 0.29) is 11.4 Å². The lowest BCUT2D eigenvalue weighted by molar-refractivity contribution is 0.0596. The summed E-state index contributed by atoms with van der Waals surface area (Å²) in [6.45, 7) is 6.20. The SMILES string of the molecule is COC(=O)c1ccoc1CN(C)CC(C)(C)CN. The summed E-state index contributed by atoms with van der Waals surface area (Å²) in [5.41, 5.74) is 6.22. The zero-order valence-corrected chi connectivity index (χ0v) is 11.5. The first-order valence-electron chi connectivity index (χ1n) is 5.93. The topological polar surface area (TPSA) is 68.7 Å². The van der Waals surface area contributed by atoms with Gasteiger partial charge >= 0.3 is 5.97 Å². The van der Waals surface area contributed by atoms with Crippen LogP contribution in [-0.2, 0) is 11.3 Å². The van der Waals surface area contributed by atoms with Crippen molar-refractivity contribution in [3.63, 3.8) is 0 Å². The molecule has 0 aliphatic heterocycles. The second kappa shape index (κ2) is 6.02. The van der Waals surface area contributed by atoms with E-state index in [2.05, 4.69) is 18.7 Å². The molecule has 0 saturated heterocycles. The van der Waals surface area contributed by atoms with Crippen molar-refractivity contribution in [3.05, 3.63) is 23.7 Å². The third kappa shape index (κ3) is 3.85. The minimum Gasteiger partial charge on any atom is -0.467 e. The van der Waals surface area contributed by atoms with E-state index >= 15 is 0 Å². The van der Waals surface area contributed by atoms with Crippen molar-refractivity contribution >= 4 is 5.97 Å². The van der Waals surface area contributed by atoms with E-state index in [0.717, 1.165) is 6.54 Å². The third-order valence-electron chi connectivity index (χ3n) is 2.81. The van der Waals surface area contributed by atoms with Gasteiger partial charge in [0.1, 0.15) is 11.3 Å². The molecule has 0 saturated carbocycles. The number of carbonyl (C=O) groups excluding carboxylic acids is 1. The fourth-order valence-electron chi connectivity index (χ4n) is 1.85. The lowest BCUT2D eigenvalue weighted by Crippen LogP contribution is -2.36. The van der Waals surface area contributed by atoms with Crippen LogP contribution in [0, 0.1) is 5.41 Å². The third-order valence-corrected chi connectivity index (χ3v) is 2.81. The molecule has 0 unspecified atom stereocenters. The largest absolute Gasteiger partial charge is 0.467 e. The van der Waals surface area contributed by atoms with Crippen molar-refractivity contribution in [2.24, 2.45) is 11.1 Å². The number of rotatable bonds is 6. The van der Waals surface area contributed by atoms with Gasteiger partial charge in [0.25, 0.3) is 0 Å². The molecule has 0 radical (unpaired) electrons. The fourth-order valence-corrected chi connectivity index (χ4v) is 1.85. The van der Waals surface area contributed by atoms with Crippen molar-refractivity contribution < 1.29 is 13.9 Å². The Labute approximate surface area is 108 Å². The van der Waals surface area contributed by atoms with E-state index < -0.39 is 0 Å². The summed E-state index contributed by atoms with van der Waals surface area (Å²) in [7, 11) is 3.33. The molecule has 1 aromatic rings. The second-order valence-electron chi connectivity index (χ2n) is 5.29. The zero-order chi connectivity index (χ0) is 13.8. The number of carbonyl (C=O) groups is 1. The highest BCUT2D eigenvalue weighted by Crippen LogP contribution is 2.18. The number of methoxy groups -OCH3 is 1. The summed E-state index contributed by atoms with van der Waals surface area (Å²) < 4.78 is 10.0. The first-order valence-corrected chi connectivity index (χ1v) is 5.93. The quantitative estimate of drug-likeness (QED) is 0.779. The Morgan fingerprint density at radius 1 is 1.56 bits per heavy atom. The molecule has 0 amide bonds. The standard InChI is InChI=1S/C13H22N2O3/c1-13(2,8-14)9-15(3)7-11-10(5-6-18-11)12(16)17-4/h5-6H,7-9,14H2,1-4H3. The average molecular weight is 254 g/mol. The molecule has 5 heteroatoms. The molecule has 0 bridgehead atoms. The van der Waals surface area contributed by atoms with Crippen LogP contribution >= 0.6 is 0 Å². The average Bonchev–Trinajstić information content (AvgIpc) is 2.75. The number of nitrogens with zero attached hydrogens (tertiary/aromatic N) is 1. The minimum atomic E-state index is -0.370. The van der Waals surface area contributed by atoms with Gasteiger partial charge in [0.2, 0.25) is 0 Å². The van der Waals surface area contributed by atoms with Gasteiger partial charge in [0.15, 0.2) is 0 Å². The van der Waals surface area contributed by atoms with Gasteiger partial charge in [-0.2, -0.15) is 0 Å². The summed E-state index contributed by atoms with van der Waals surface area (Å²) in [5.74, 6) is 0.252. The number of ether oxygens (including phenoxy) is 1.